The molecule has 0 aromatic heterocycles. The summed E-state index contributed by atoms with van der Waals surface area (Å²) < 4.78 is 38.4. The van der Waals surface area contributed by atoms with E-state index < -0.39 is 53.2 Å². The molecule has 0 aromatic carbocycles. The molecular weight excluding hydrogens is 406 g/mol. The second kappa shape index (κ2) is 7.06. The van der Waals surface area contributed by atoms with E-state index in [0.717, 1.165) is 0 Å². The molecular formula is C24H30F2O5. The van der Waals surface area contributed by atoms with Crippen LogP contribution in [-0.4, -0.2) is 47.2 Å². The smallest absolute Gasteiger partial charge is 0.303 e. The molecule has 1 N–H and O–H groups in total. The quantitative estimate of drug-likeness (QED) is 0.687. The Hall–Kier alpha value is -1.89. The predicted molar refractivity (Wildman–Crippen MR) is 108 cm³/mol. The summed E-state index contributed by atoms with van der Waals surface area (Å²) in [6.07, 6.45) is 1.66. The fourth-order valence-corrected chi connectivity index (χ4v) is 7.65. The maximum Gasteiger partial charge on any atom is 0.303 e. The third-order valence-corrected chi connectivity index (χ3v) is 8.76. The number of fused-ring (bicyclic) bond motifs is 5. The number of aliphatic hydroxyl groups excluding tert-OH is 1. The van der Waals surface area contributed by atoms with Gasteiger partial charge in [-0.1, -0.05) is 19.9 Å². The number of hydrogen-bond donors (Lipinski definition) is 1. The molecule has 0 amide bonds. The summed E-state index contributed by atoms with van der Waals surface area (Å²) in [6.45, 7) is 5.97. The number of allylic oxidation sites excluding steroid dienone is 4. The molecule has 0 spiro atoms. The molecule has 5 nitrogen and oxygen atoms in total. The van der Waals surface area contributed by atoms with Crippen molar-refractivity contribution in [3.8, 4) is 0 Å². The highest BCUT2D eigenvalue weighted by molar-refractivity contribution is 6.01. The highest BCUT2D eigenvalue weighted by Gasteiger charge is 2.74. The lowest BCUT2D eigenvalue weighted by molar-refractivity contribution is -0.217. The average molecular weight is 436 g/mol. The minimum Gasteiger partial charge on any atom is -0.459 e. The van der Waals surface area contributed by atoms with Crippen LogP contribution in [0.25, 0.3) is 0 Å². The summed E-state index contributed by atoms with van der Waals surface area (Å²) in [5.74, 6) is -3.09. The van der Waals surface area contributed by atoms with Crippen molar-refractivity contribution in [2.75, 3.05) is 6.61 Å². The maximum atomic E-state index is 17.4. The number of aliphatic hydroxyl groups is 1. The van der Waals surface area contributed by atoms with Crippen molar-refractivity contribution in [3.63, 3.8) is 0 Å². The highest BCUT2D eigenvalue weighted by atomic mass is 19.1. The van der Waals surface area contributed by atoms with Crippen LogP contribution in [0.4, 0.5) is 8.78 Å². The van der Waals surface area contributed by atoms with E-state index in [2.05, 4.69) is 0 Å². The Labute approximate surface area is 180 Å². The van der Waals surface area contributed by atoms with Crippen LogP contribution < -0.4 is 0 Å². The molecule has 0 aliphatic heterocycles. The van der Waals surface area contributed by atoms with Gasteiger partial charge in [-0.3, -0.25) is 14.4 Å². The molecule has 3 fully saturated rings. The Morgan fingerprint density at radius 1 is 1.26 bits per heavy atom. The monoisotopic (exact) mass is 436 g/mol. The minimum atomic E-state index is -2.12. The lowest BCUT2D eigenvalue weighted by Gasteiger charge is -2.62. The van der Waals surface area contributed by atoms with Crippen molar-refractivity contribution in [2.24, 2.45) is 34.5 Å². The van der Waals surface area contributed by atoms with E-state index in [1.54, 1.807) is 6.92 Å². The fourth-order valence-electron chi connectivity index (χ4n) is 7.65. The van der Waals surface area contributed by atoms with Crippen molar-refractivity contribution in [1.82, 2.24) is 0 Å². The van der Waals surface area contributed by atoms with Gasteiger partial charge in [-0.05, 0) is 61.2 Å². The molecule has 3 saturated carbocycles. The number of carbonyl (C=O) groups excluding carboxylic acids is 3. The normalized spacial score (nSPS) is 48.4. The van der Waals surface area contributed by atoms with E-state index in [4.69, 9.17) is 4.74 Å². The zero-order valence-electron chi connectivity index (χ0n) is 18.4. The van der Waals surface area contributed by atoms with Gasteiger partial charge < -0.3 is 9.84 Å². The maximum absolute atomic E-state index is 17.4. The predicted octanol–water partition coefficient (Wildman–Crippen LogP) is 3.30. The van der Waals surface area contributed by atoms with Crippen LogP contribution >= 0.6 is 0 Å². The zero-order chi connectivity index (χ0) is 22.9. The number of carbonyl (C=O) groups is 3. The van der Waals surface area contributed by atoms with Crippen LogP contribution in [0.3, 0.4) is 0 Å². The van der Waals surface area contributed by atoms with Crippen LogP contribution in [0.15, 0.2) is 23.8 Å². The van der Waals surface area contributed by atoms with Crippen molar-refractivity contribution >= 4 is 17.5 Å². The van der Waals surface area contributed by atoms with Gasteiger partial charge >= 0.3 is 5.97 Å². The fraction of sp³-hybridized carbons (Fsp3) is 0.708. The summed E-state index contributed by atoms with van der Waals surface area (Å²) in [5, 5.41) is 9.56. The summed E-state index contributed by atoms with van der Waals surface area (Å²) in [6, 6.07) is 0. The number of ketones is 2. The van der Waals surface area contributed by atoms with Crippen molar-refractivity contribution < 1.29 is 33.0 Å². The standard InChI is InChI=1S/C24H30F2O5/c1-12-7-15-16-9-18(25)17-8-14(29)5-6-23(17,4)24(16,26)20(31-13(2)28)10-22(15,3)21(12)19(30)11-27/h5-6,8,12,15-16,18,20-21,27H,7,9-11H2,1-4H3/t12-,15+,16+,18+,20+,21-,22+,23+,24+/m1/s1. The molecule has 170 valence electrons. The Bertz CT molecular complexity index is 896. The van der Waals surface area contributed by atoms with Crippen LogP contribution in [0.1, 0.15) is 47.0 Å². The number of alkyl halides is 2. The number of ether oxygens (including phenoxy) is 1. The van der Waals surface area contributed by atoms with Gasteiger partial charge in [0, 0.05) is 24.2 Å². The zero-order valence-corrected chi connectivity index (χ0v) is 18.4. The second-order valence-corrected chi connectivity index (χ2v) is 10.3. The molecule has 0 unspecified atom stereocenters. The Kier molecular flexibility index (Phi) is 5.08. The number of hydrogen-bond acceptors (Lipinski definition) is 5. The van der Waals surface area contributed by atoms with E-state index in [-0.39, 0.29) is 41.8 Å². The van der Waals surface area contributed by atoms with Crippen molar-refractivity contribution in [3.05, 3.63) is 23.8 Å². The first-order valence-electron chi connectivity index (χ1n) is 11.0. The van der Waals surface area contributed by atoms with Gasteiger partial charge in [-0.2, -0.15) is 0 Å². The molecule has 4 aliphatic rings. The third kappa shape index (κ3) is 2.84. The van der Waals surface area contributed by atoms with Gasteiger partial charge in [0.15, 0.2) is 17.2 Å². The van der Waals surface area contributed by atoms with Crippen LogP contribution in [0.5, 0.6) is 0 Å². The molecule has 4 rings (SSSR count). The number of halogens is 2. The molecule has 4 aliphatic carbocycles. The Morgan fingerprint density at radius 2 is 1.94 bits per heavy atom. The van der Waals surface area contributed by atoms with Gasteiger partial charge in [0.2, 0.25) is 0 Å². The van der Waals surface area contributed by atoms with E-state index in [0.29, 0.717) is 6.42 Å². The minimum absolute atomic E-state index is 0.0912. The SMILES string of the molecule is CC(=O)O[C@H]1C[C@@]2(C)[C@@H](C[C@@H](C)[C@@H]2C(=O)CO)[C@@H]2C[C@H](F)C3=CC(=O)C=C[C@]3(C)[C@@]12F. The second-order valence-electron chi connectivity index (χ2n) is 10.3. The van der Waals surface area contributed by atoms with Gasteiger partial charge in [0.25, 0.3) is 0 Å². The van der Waals surface area contributed by atoms with Crippen LogP contribution in [-0.2, 0) is 19.1 Å². The van der Waals surface area contributed by atoms with Crippen LogP contribution in [0.2, 0.25) is 0 Å². The topological polar surface area (TPSA) is 80.7 Å². The highest BCUT2D eigenvalue weighted by Crippen LogP contribution is 2.70. The van der Waals surface area contributed by atoms with Crippen LogP contribution in [0, 0.1) is 34.5 Å². The summed E-state index contributed by atoms with van der Waals surface area (Å²) >= 11 is 0. The van der Waals surface area contributed by atoms with Gasteiger partial charge in [0.1, 0.15) is 18.9 Å². The molecule has 0 saturated heterocycles. The van der Waals surface area contributed by atoms with E-state index in [1.165, 1.54) is 25.2 Å². The summed E-state index contributed by atoms with van der Waals surface area (Å²) in [7, 11) is 0. The molecule has 0 bridgehead atoms. The number of esters is 1. The van der Waals surface area contributed by atoms with Gasteiger partial charge in [-0.25, -0.2) is 8.78 Å². The lowest BCUT2D eigenvalue weighted by Crippen LogP contribution is -2.69. The summed E-state index contributed by atoms with van der Waals surface area (Å²) in [4.78, 5) is 36.6. The Morgan fingerprint density at radius 3 is 2.55 bits per heavy atom. The molecule has 0 radical (unpaired) electrons. The molecule has 9 atom stereocenters. The first-order valence-corrected chi connectivity index (χ1v) is 11.0. The molecule has 31 heavy (non-hydrogen) atoms. The van der Waals surface area contributed by atoms with E-state index in [1.807, 2.05) is 13.8 Å². The van der Waals surface area contributed by atoms with E-state index in [9.17, 15) is 19.5 Å². The third-order valence-electron chi connectivity index (χ3n) is 8.76. The molecule has 0 heterocycles. The van der Waals surface area contributed by atoms with Crippen molar-refractivity contribution in [2.45, 2.75) is 64.9 Å². The van der Waals surface area contributed by atoms with Crippen molar-refractivity contribution in [1.29, 1.82) is 0 Å². The number of Topliss-reactive ketones (excluding diaryl/α,β-unsaturated/α-hetero) is 1. The Balaban J connectivity index is 1.89. The summed E-state index contributed by atoms with van der Waals surface area (Å²) in [5.41, 5.74) is -4.20. The lowest BCUT2D eigenvalue weighted by atomic mass is 9.44. The van der Waals surface area contributed by atoms with Gasteiger partial charge in [0.05, 0.1) is 0 Å². The first kappa shape index (κ1) is 22.3. The molecule has 0 aromatic rings. The first-order chi connectivity index (χ1) is 14.4. The average Bonchev–Trinajstić information content (AvgIpc) is 2.95. The van der Waals surface area contributed by atoms with Gasteiger partial charge in [-0.15, -0.1) is 0 Å². The largest absolute Gasteiger partial charge is 0.459 e. The molecule has 7 heteroatoms. The number of rotatable bonds is 3. The van der Waals surface area contributed by atoms with E-state index >= 15 is 8.78 Å².